The van der Waals surface area contributed by atoms with Crippen LogP contribution < -0.4 is 5.56 Å². The molecule has 4 rings (SSSR count). The Labute approximate surface area is 152 Å². The van der Waals surface area contributed by atoms with Crippen LogP contribution in [-0.2, 0) is 11.3 Å². The maximum absolute atomic E-state index is 13.3. The molecule has 1 N–H and O–H groups in total. The van der Waals surface area contributed by atoms with Crippen molar-refractivity contribution in [2.24, 2.45) is 0 Å². The number of rotatable bonds is 3. The first-order valence-corrected chi connectivity index (χ1v) is 8.23. The fourth-order valence-corrected chi connectivity index (χ4v) is 2.86. The molecule has 6 nitrogen and oxygen atoms in total. The number of carbonyl (C=O) groups is 1. The van der Waals surface area contributed by atoms with E-state index >= 15 is 0 Å². The van der Waals surface area contributed by atoms with Gasteiger partial charge in [0.1, 0.15) is 18.2 Å². The molecule has 2 aromatic heterocycles. The second-order valence-corrected chi connectivity index (χ2v) is 6.06. The van der Waals surface area contributed by atoms with Gasteiger partial charge in [0.15, 0.2) is 0 Å². The van der Waals surface area contributed by atoms with E-state index in [1.807, 2.05) is 0 Å². The fraction of sp³-hybridized carbons (Fsp3) is 0.100. The zero-order chi connectivity index (χ0) is 19.0. The number of aromatic amines is 1. The van der Waals surface area contributed by atoms with Crippen molar-refractivity contribution in [2.45, 2.75) is 13.5 Å². The molecule has 0 aliphatic heterocycles. The lowest BCUT2D eigenvalue weighted by molar-refractivity contribution is 0.0461. The van der Waals surface area contributed by atoms with Gasteiger partial charge < -0.3 is 9.72 Å². The van der Waals surface area contributed by atoms with E-state index in [-0.39, 0.29) is 23.6 Å². The van der Waals surface area contributed by atoms with Crippen LogP contribution in [0.15, 0.2) is 53.3 Å². The van der Waals surface area contributed by atoms with Gasteiger partial charge in [0, 0.05) is 11.5 Å². The van der Waals surface area contributed by atoms with E-state index in [0.717, 1.165) is 0 Å². The number of aryl methyl sites for hydroxylation is 1. The van der Waals surface area contributed by atoms with Crippen LogP contribution in [-0.4, -0.2) is 20.9 Å². The van der Waals surface area contributed by atoms with Crippen molar-refractivity contribution in [3.63, 3.8) is 0 Å². The average molecular weight is 363 g/mol. The number of hydrogen-bond donors (Lipinski definition) is 1. The molecule has 7 heteroatoms. The van der Waals surface area contributed by atoms with Crippen molar-refractivity contribution >= 4 is 27.8 Å². The number of nitrogens with one attached hydrogen (secondary N) is 1. The third-order valence-corrected chi connectivity index (χ3v) is 4.19. The van der Waals surface area contributed by atoms with E-state index < -0.39 is 11.8 Å². The van der Waals surface area contributed by atoms with Gasteiger partial charge in [0.05, 0.1) is 27.7 Å². The van der Waals surface area contributed by atoms with Crippen LogP contribution in [0.1, 0.15) is 21.9 Å². The molecule has 0 unspecified atom stereocenters. The first-order valence-electron chi connectivity index (χ1n) is 8.23. The second-order valence-electron chi connectivity index (χ2n) is 6.06. The molecule has 0 radical (unpaired) electrons. The van der Waals surface area contributed by atoms with Crippen LogP contribution in [0.3, 0.4) is 0 Å². The summed E-state index contributed by atoms with van der Waals surface area (Å²) in [6.45, 7) is 1.47. The highest BCUT2D eigenvalue weighted by molar-refractivity contribution is 5.95. The Morgan fingerprint density at radius 2 is 1.93 bits per heavy atom. The summed E-state index contributed by atoms with van der Waals surface area (Å²) in [5, 5.41) is 1.10. The number of halogens is 1. The Balaban J connectivity index is 1.59. The largest absolute Gasteiger partial charge is 0.454 e. The highest BCUT2D eigenvalue weighted by atomic mass is 19.1. The van der Waals surface area contributed by atoms with Gasteiger partial charge in [0.2, 0.25) is 0 Å². The monoisotopic (exact) mass is 363 g/mol. The number of para-hydroxylation sites is 1. The predicted molar refractivity (Wildman–Crippen MR) is 97.9 cm³/mol. The third kappa shape index (κ3) is 3.27. The number of hydrogen-bond acceptors (Lipinski definition) is 5. The van der Waals surface area contributed by atoms with E-state index in [9.17, 15) is 14.0 Å². The maximum atomic E-state index is 13.3. The van der Waals surface area contributed by atoms with E-state index in [4.69, 9.17) is 4.74 Å². The number of nitrogens with zero attached hydrogens (tertiary/aromatic N) is 2. The van der Waals surface area contributed by atoms with Crippen molar-refractivity contribution in [1.29, 1.82) is 0 Å². The first kappa shape index (κ1) is 16.8. The molecule has 0 bridgehead atoms. The van der Waals surface area contributed by atoms with Crippen LogP contribution in [0.2, 0.25) is 0 Å². The number of carbonyl (C=O) groups excluding carboxylic acids is 1. The molecule has 2 heterocycles. The van der Waals surface area contributed by atoms with E-state index in [1.54, 1.807) is 43.3 Å². The minimum Gasteiger partial charge on any atom is -0.454 e. The predicted octanol–water partition coefficient (Wildman–Crippen LogP) is 3.28. The van der Waals surface area contributed by atoms with Gasteiger partial charge in [0.25, 0.3) is 5.56 Å². The molecular weight excluding hydrogens is 349 g/mol. The summed E-state index contributed by atoms with van der Waals surface area (Å²) >= 11 is 0. The topological polar surface area (TPSA) is 84.9 Å². The van der Waals surface area contributed by atoms with Crippen LogP contribution in [0, 0.1) is 12.7 Å². The zero-order valence-electron chi connectivity index (χ0n) is 14.3. The first-order chi connectivity index (χ1) is 13.0. The lowest BCUT2D eigenvalue weighted by Gasteiger charge is -2.08. The summed E-state index contributed by atoms with van der Waals surface area (Å²) in [5.74, 6) is -0.737. The number of fused-ring (bicyclic) bond motifs is 2. The quantitative estimate of drug-likeness (QED) is 0.565. The molecule has 0 fully saturated rings. The van der Waals surface area contributed by atoms with Gasteiger partial charge >= 0.3 is 5.97 Å². The Hall–Kier alpha value is -3.61. The molecule has 0 spiro atoms. The van der Waals surface area contributed by atoms with Crippen LogP contribution in [0.4, 0.5) is 4.39 Å². The molecule has 0 saturated heterocycles. The Bertz CT molecular complexity index is 1250. The number of esters is 1. The summed E-state index contributed by atoms with van der Waals surface area (Å²) in [4.78, 5) is 35.7. The lowest BCUT2D eigenvalue weighted by Crippen LogP contribution is -2.15. The molecule has 4 aromatic rings. The molecule has 0 aliphatic rings. The maximum Gasteiger partial charge on any atom is 0.340 e. The lowest BCUT2D eigenvalue weighted by atomic mass is 10.1. The number of aromatic nitrogens is 3. The summed E-state index contributed by atoms with van der Waals surface area (Å²) in [7, 11) is 0. The minimum atomic E-state index is -0.595. The smallest absolute Gasteiger partial charge is 0.340 e. The molecule has 27 heavy (non-hydrogen) atoms. The summed E-state index contributed by atoms with van der Waals surface area (Å²) in [6.07, 6.45) is 0. The van der Waals surface area contributed by atoms with Crippen molar-refractivity contribution < 1.29 is 13.9 Å². The summed E-state index contributed by atoms with van der Waals surface area (Å²) in [6, 6.07) is 12.7. The Morgan fingerprint density at radius 1 is 1.11 bits per heavy atom. The fourth-order valence-electron chi connectivity index (χ4n) is 2.86. The highest BCUT2D eigenvalue weighted by Gasteiger charge is 2.14. The normalized spacial score (nSPS) is 11.0. The van der Waals surface area contributed by atoms with E-state index in [2.05, 4.69) is 15.0 Å². The molecule has 0 atom stereocenters. The van der Waals surface area contributed by atoms with Gasteiger partial charge in [-0.25, -0.2) is 14.2 Å². The molecule has 2 aromatic carbocycles. The zero-order valence-corrected chi connectivity index (χ0v) is 14.3. The Kier molecular flexibility index (Phi) is 4.12. The van der Waals surface area contributed by atoms with Gasteiger partial charge in [-0.3, -0.25) is 9.78 Å². The minimum absolute atomic E-state index is 0.181. The standard InChI is InChI=1S/C20H14FN3O3/c1-11-15(8-12-6-7-13(21)9-17(12)22-11)20(26)27-10-18-23-16-5-3-2-4-14(16)19(25)24-18/h2-9H,10H2,1H3,(H,23,24,25). The molecule has 0 aliphatic carbocycles. The van der Waals surface area contributed by atoms with Crippen LogP contribution in [0.25, 0.3) is 21.8 Å². The van der Waals surface area contributed by atoms with Crippen molar-refractivity contribution in [2.75, 3.05) is 0 Å². The number of ether oxygens (including phenoxy) is 1. The van der Waals surface area contributed by atoms with Gasteiger partial charge in [-0.1, -0.05) is 12.1 Å². The number of H-pyrrole nitrogens is 1. The third-order valence-electron chi connectivity index (χ3n) is 4.19. The van der Waals surface area contributed by atoms with Crippen LogP contribution in [0.5, 0.6) is 0 Å². The number of benzene rings is 2. The highest BCUT2D eigenvalue weighted by Crippen LogP contribution is 2.19. The van der Waals surface area contributed by atoms with Gasteiger partial charge in [-0.15, -0.1) is 0 Å². The van der Waals surface area contributed by atoms with Crippen LogP contribution >= 0.6 is 0 Å². The van der Waals surface area contributed by atoms with Crippen molar-refractivity contribution in [3.05, 3.63) is 81.8 Å². The van der Waals surface area contributed by atoms with E-state index in [0.29, 0.717) is 27.5 Å². The SMILES string of the molecule is Cc1nc2cc(F)ccc2cc1C(=O)OCc1nc2ccccc2c(=O)[nH]1. The molecule has 0 amide bonds. The molecule has 134 valence electrons. The number of pyridine rings is 1. The molecule has 0 saturated carbocycles. The van der Waals surface area contributed by atoms with Gasteiger partial charge in [-0.2, -0.15) is 0 Å². The Morgan fingerprint density at radius 3 is 2.78 bits per heavy atom. The van der Waals surface area contributed by atoms with Crippen molar-refractivity contribution in [1.82, 2.24) is 15.0 Å². The average Bonchev–Trinajstić information content (AvgIpc) is 2.65. The molecular formula is C20H14FN3O3. The van der Waals surface area contributed by atoms with E-state index in [1.165, 1.54) is 12.1 Å². The summed E-state index contributed by atoms with van der Waals surface area (Å²) < 4.78 is 18.6. The van der Waals surface area contributed by atoms with Gasteiger partial charge in [-0.05, 0) is 37.3 Å². The van der Waals surface area contributed by atoms with Crippen molar-refractivity contribution in [3.8, 4) is 0 Å². The summed E-state index contributed by atoms with van der Waals surface area (Å²) in [5.41, 5.74) is 1.40. The second kappa shape index (κ2) is 6.60.